The van der Waals surface area contributed by atoms with E-state index in [-0.39, 0.29) is 18.4 Å². The Balaban J connectivity index is 2.27. The number of nitrogens with one attached hydrogen (secondary N) is 2. The number of amides is 2. The molecule has 0 unspecified atom stereocenters. The summed E-state index contributed by atoms with van der Waals surface area (Å²) in [6.07, 6.45) is 1.44. The van der Waals surface area contributed by atoms with Gasteiger partial charge in [-0.2, -0.15) is 0 Å². The number of carboxylic acid groups (broad SMARTS) is 1. The molecule has 2 rings (SSSR count). The van der Waals surface area contributed by atoms with E-state index in [0.29, 0.717) is 17.1 Å². The zero-order valence-corrected chi connectivity index (χ0v) is 14.2. The maximum absolute atomic E-state index is 12.4. The first kappa shape index (κ1) is 18.3. The van der Waals surface area contributed by atoms with Gasteiger partial charge in [0.25, 0.3) is 5.91 Å². The van der Waals surface area contributed by atoms with Gasteiger partial charge < -0.3 is 25.2 Å². The summed E-state index contributed by atoms with van der Waals surface area (Å²) < 4.78 is 10.5. The van der Waals surface area contributed by atoms with Gasteiger partial charge in [0.1, 0.15) is 11.7 Å². The van der Waals surface area contributed by atoms with Gasteiger partial charge >= 0.3 is 5.97 Å². The van der Waals surface area contributed by atoms with Crippen molar-refractivity contribution in [1.82, 2.24) is 10.6 Å². The van der Waals surface area contributed by atoms with Crippen molar-refractivity contribution in [1.29, 1.82) is 0 Å². The third-order valence-corrected chi connectivity index (χ3v) is 3.48. The van der Waals surface area contributed by atoms with Crippen LogP contribution in [0, 0.1) is 5.92 Å². The summed E-state index contributed by atoms with van der Waals surface area (Å²) >= 11 is 0. The fourth-order valence-electron chi connectivity index (χ4n) is 2.25. The van der Waals surface area contributed by atoms with Crippen molar-refractivity contribution in [2.75, 3.05) is 6.79 Å². The summed E-state index contributed by atoms with van der Waals surface area (Å²) in [6, 6.07) is 3.97. The highest BCUT2D eigenvalue weighted by molar-refractivity contribution is 6.02. The number of hydrogen-bond donors (Lipinski definition) is 3. The van der Waals surface area contributed by atoms with Crippen LogP contribution >= 0.6 is 0 Å². The highest BCUT2D eigenvalue weighted by Gasteiger charge is 2.25. The molecule has 0 aliphatic carbocycles. The van der Waals surface area contributed by atoms with Gasteiger partial charge in [0.05, 0.1) is 0 Å². The molecule has 0 spiro atoms. The number of benzene rings is 1. The number of aliphatic carboxylic acids is 1. The average Bonchev–Trinajstić information content (AvgIpc) is 2.98. The highest BCUT2D eigenvalue weighted by Crippen LogP contribution is 2.33. The quantitative estimate of drug-likeness (QED) is 0.664. The number of hydrogen-bond acceptors (Lipinski definition) is 5. The molecule has 0 saturated carbocycles. The first-order chi connectivity index (χ1) is 11.8. The predicted octanol–water partition coefficient (Wildman–Crippen LogP) is 1.12. The molecule has 0 bridgehead atoms. The minimum atomic E-state index is -1.14. The minimum Gasteiger partial charge on any atom is -0.480 e. The molecular formula is C17H20N2O6. The van der Waals surface area contributed by atoms with E-state index in [9.17, 15) is 19.5 Å². The summed E-state index contributed by atoms with van der Waals surface area (Å²) in [6.45, 7) is 4.74. The lowest BCUT2D eigenvalue weighted by molar-refractivity contribution is -0.142. The molecule has 2 amide bonds. The van der Waals surface area contributed by atoms with Crippen LogP contribution in [0.1, 0.15) is 26.3 Å². The molecule has 1 aliphatic heterocycles. The van der Waals surface area contributed by atoms with E-state index in [1.165, 1.54) is 13.0 Å². The molecule has 1 atom stereocenters. The highest BCUT2D eigenvalue weighted by atomic mass is 16.7. The monoisotopic (exact) mass is 348 g/mol. The van der Waals surface area contributed by atoms with Gasteiger partial charge in [-0.05, 0) is 29.7 Å². The van der Waals surface area contributed by atoms with Crippen molar-refractivity contribution < 1.29 is 29.0 Å². The van der Waals surface area contributed by atoms with Crippen LogP contribution in [0.25, 0.3) is 6.08 Å². The van der Waals surface area contributed by atoms with Crippen LogP contribution in [0.15, 0.2) is 23.9 Å². The van der Waals surface area contributed by atoms with Gasteiger partial charge in [-0.3, -0.25) is 9.59 Å². The summed E-state index contributed by atoms with van der Waals surface area (Å²) in [5.41, 5.74) is 0.540. The number of ether oxygens (including phenoxy) is 2. The molecule has 0 aromatic heterocycles. The number of fused-ring (bicyclic) bond motifs is 1. The van der Waals surface area contributed by atoms with E-state index < -0.39 is 23.8 Å². The Morgan fingerprint density at radius 3 is 2.48 bits per heavy atom. The lowest BCUT2D eigenvalue weighted by atomic mass is 10.0. The van der Waals surface area contributed by atoms with Crippen molar-refractivity contribution in [3.8, 4) is 11.5 Å². The fourth-order valence-corrected chi connectivity index (χ4v) is 2.25. The average molecular weight is 348 g/mol. The third kappa shape index (κ3) is 4.72. The second-order valence-electron chi connectivity index (χ2n) is 5.89. The molecular weight excluding hydrogens is 328 g/mol. The smallest absolute Gasteiger partial charge is 0.326 e. The first-order valence-electron chi connectivity index (χ1n) is 7.70. The Labute approximate surface area is 144 Å². The van der Waals surface area contributed by atoms with E-state index in [4.69, 9.17) is 9.47 Å². The molecule has 0 fully saturated rings. The molecule has 0 saturated heterocycles. The normalized spacial score (nSPS) is 14.2. The van der Waals surface area contributed by atoms with Crippen molar-refractivity contribution >= 4 is 23.9 Å². The van der Waals surface area contributed by atoms with Crippen molar-refractivity contribution in [2.45, 2.75) is 26.8 Å². The molecule has 0 radical (unpaired) electrons. The van der Waals surface area contributed by atoms with E-state index in [1.54, 1.807) is 32.0 Å². The lowest BCUT2D eigenvalue weighted by Crippen LogP contribution is -2.46. The Kier molecular flexibility index (Phi) is 5.63. The Hall–Kier alpha value is -3.03. The van der Waals surface area contributed by atoms with Crippen LogP contribution in [0.2, 0.25) is 0 Å². The Morgan fingerprint density at radius 2 is 1.88 bits per heavy atom. The molecule has 3 N–H and O–H groups in total. The number of carboxylic acids is 1. The number of rotatable bonds is 6. The second-order valence-corrected chi connectivity index (χ2v) is 5.89. The van der Waals surface area contributed by atoms with Gasteiger partial charge in [0.2, 0.25) is 12.7 Å². The molecule has 25 heavy (non-hydrogen) atoms. The zero-order valence-electron chi connectivity index (χ0n) is 14.2. The fraction of sp³-hybridized carbons (Fsp3) is 0.353. The van der Waals surface area contributed by atoms with Crippen LogP contribution in [-0.2, 0) is 14.4 Å². The standard InChI is InChI=1S/C17H20N2O6/c1-9(2)15(17(22)23)19-16(21)12(18-10(3)20)6-11-4-5-13-14(7-11)25-8-24-13/h4-7,9,15H,8H2,1-3H3,(H,18,20)(H,19,21)(H,22,23)/b12-6+/t15-/m1/s1. The van der Waals surface area contributed by atoms with Crippen molar-refractivity contribution in [3.05, 3.63) is 29.5 Å². The van der Waals surface area contributed by atoms with E-state index >= 15 is 0 Å². The maximum Gasteiger partial charge on any atom is 0.326 e. The van der Waals surface area contributed by atoms with Crippen molar-refractivity contribution in [2.24, 2.45) is 5.92 Å². The van der Waals surface area contributed by atoms with Gasteiger partial charge in [0, 0.05) is 6.92 Å². The molecule has 1 heterocycles. The largest absolute Gasteiger partial charge is 0.480 e. The SMILES string of the molecule is CC(=O)N/C(=C/c1ccc2c(c1)OCO2)C(=O)N[C@@H](C(=O)O)C(C)C. The second kappa shape index (κ2) is 7.69. The number of carbonyl (C=O) groups excluding carboxylic acids is 2. The summed E-state index contributed by atoms with van der Waals surface area (Å²) in [7, 11) is 0. The van der Waals surface area contributed by atoms with Gasteiger partial charge in [-0.25, -0.2) is 4.79 Å². The predicted molar refractivity (Wildman–Crippen MR) is 88.8 cm³/mol. The van der Waals surface area contributed by atoms with Gasteiger partial charge in [-0.1, -0.05) is 19.9 Å². The topological polar surface area (TPSA) is 114 Å². The lowest BCUT2D eigenvalue weighted by Gasteiger charge is -2.19. The molecule has 1 aliphatic rings. The van der Waals surface area contributed by atoms with E-state index in [0.717, 1.165) is 0 Å². The van der Waals surface area contributed by atoms with Crippen LogP contribution in [0.5, 0.6) is 11.5 Å². The van der Waals surface area contributed by atoms with Crippen LogP contribution in [0.4, 0.5) is 0 Å². The van der Waals surface area contributed by atoms with Crippen LogP contribution < -0.4 is 20.1 Å². The molecule has 8 nitrogen and oxygen atoms in total. The third-order valence-electron chi connectivity index (χ3n) is 3.48. The Morgan fingerprint density at radius 1 is 1.20 bits per heavy atom. The van der Waals surface area contributed by atoms with E-state index in [2.05, 4.69) is 10.6 Å². The van der Waals surface area contributed by atoms with Crippen molar-refractivity contribution in [3.63, 3.8) is 0 Å². The van der Waals surface area contributed by atoms with Crippen LogP contribution in [0.3, 0.4) is 0 Å². The van der Waals surface area contributed by atoms with Gasteiger partial charge in [-0.15, -0.1) is 0 Å². The summed E-state index contributed by atoms with van der Waals surface area (Å²) in [5.74, 6) is -1.47. The number of carbonyl (C=O) groups is 3. The summed E-state index contributed by atoms with van der Waals surface area (Å²) in [4.78, 5) is 35.1. The molecule has 1 aromatic carbocycles. The minimum absolute atomic E-state index is 0.0572. The Bertz CT molecular complexity index is 726. The zero-order chi connectivity index (χ0) is 18.6. The van der Waals surface area contributed by atoms with E-state index in [1.807, 2.05) is 0 Å². The molecule has 134 valence electrons. The van der Waals surface area contributed by atoms with Gasteiger partial charge in [0.15, 0.2) is 11.5 Å². The summed E-state index contributed by atoms with van der Waals surface area (Å²) in [5, 5.41) is 14.0. The maximum atomic E-state index is 12.4. The molecule has 1 aromatic rings. The van der Waals surface area contributed by atoms with Crippen LogP contribution in [-0.4, -0.2) is 35.7 Å². The molecule has 8 heteroatoms. The first-order valence-corrected chi connectivity index (χ1v) is 7.70.